The van der Waals surface area contributed by atoms with Gasteiger partial charge in [0.1, 0.15) is 5.82 Å². The van der Waals surface area contributed by atoms with E-state index in [9.17, 15) is 9.18 Å². The van der Waals surface area contributed by atoms with Crippen LogP contribution < -0.4 is 5.73 Å². The average molecular weight is 264 g/mol. The number of nitrogen functional groups attached to an aromatic ring is 1. The Hall–Kier alpha value is -1.87. The van der Waals surface area contributed by atoms with Crippen molar-refractivity contribution < 1.29 is 9.18 Å². The molecule has 2 N–H and O–H groups in total. The van der Waals surface area contributed by atoms with Gasteiger partial charge in [-0.05, 0) is 42.8 Å². The third-order valence-electron chi connectivity index (χ3n) is 2.70. The minimum absolute atomic E-state index is 0.268. The number of aryl methyl sites for hydroxylation is 1. The van der Waals surface area contributed by atoms with Crippen LogP contribution in [0.2, 0.25) is 5.02 Å². The van der Waals surface area contributed by atoms with E-state index in [4.69, 9.17) is 17.3 Å². The minimum atomic E-state index is -0.439. The Morgan fingerprint density at radius 1 is 1.22 bits per heavy atom. The van der Waals surface area contributed by atoms with E-state index in [1.807, 2.05) is 0 Å². The molecule has 0 aliphatic carbocycles. The summed E-state index contributed by atoms with van der Waals surface area (Å²) in [4.78, 5) is 12.2. The molecule has 18 heavy (non-hydrogen) atoms. The van der Waals surface area contributed by atoms with Gasteiger partial charge in [-0.3, -0.25) is 4.79 Å². The molecule has 4 heteroatoms. The van der Waals surface area contributed by atoms with Gasteiger partial charge in [-0.25, -0.2) is 4.39 Å². The van der Waals surface area contributed by atoms with Gasteiger partial charge in [0.05, 0.1) is 10.7 Å². The van der Waals surface area contributed by atoms with Crippen molar-refractivity contribution in [3.05, 3.63) is 63.9 Å². The third kappa shape index (κ3) is 2.36. The van der Waals surface area contributed by atoms with Crippen LogP contribution in [0.4, 0.5) is 10.1 Å². The van der Waals surface area contributed by atoms with Gasteiger partial charge in [0, 0.05) is 11.1 Å². The molecule has 0 unspecified atom stereocenters. The average Bonchev–Trinajstić information content (AvgIpc) is 2.35. The molecule has 2 rings (SSSR count). The number of anilines is 1. The molecule has 0 aliphatic heterocycles. The van der Waals surface area contributed by atoms with Gasteiger partial charge in [0.15, 0.2) is 5.78 Å². The first kappa shape index (κ1) is 12.6. The highest BCUT2D eigenvalue weighted by Crippen LogP contribution is 2.22. The van der Waals surface area contributed by atoms with E-state index in [0.717, 1.165) is 5.56 Å². The Morgan fingerprint density at radius 3 is 2.61 bits per heavy atom. The summed E-state index contributed by atoms with van der Waals surface area (Å²) in [5.41, 5.74) is 7.42. The Morgan fingerprint density at radius 2 is 1.94 bits per heavy atom. The normalized spacial score (nSPS) is 10.4. The fourth-order valence-electron chi connectivity index (χ4n) is 1.68. The van der Waals surface area contributed by atoms with Gasteiger partial charge in [-0.2, -0.15) is 0 Å². The first-order chi connectivity index (χ1) is 8.49. The molecule has 0 saturated heterocycles. The zero-order chi connectivity index (χ0) is 13.3. The molecule has 0 atom stereocenters. The van der Waals surface area contributed by atoms with Gasteiger partial charge in [0.2, 0.25) is 0 Å². The summed E-state index contributed by atoms with van der Waals surface area (Å²) in [5.74, 6) is -0.707. The lowest BCUT2D eigenvalue weighted by Gasteiger charge is -2.06. The Balaban J connectivity index is 2.47. The van der Waals surface area contributed by atoms with Crippen LogP contribution in [0.5, 0.6) is 0 Å². The molecule has 2 aromatic carbocycles. The van der Waals surface area contributed by atoms with Crippen LogP contribution in [-0.2, 0) is 0 Å². The number of rotatable bonds is 2. The van der Waals surface area contributed by atoms with E-state index >= 15 is 0 Å². The second-order valence-corrected chi connectivity index (χ2v) is 4.43. The van der Waals surface area contributed by atoms with E-state index in [2.05, 4.69) is 0 Å². The Bertz CT molecular complexity index is 625. The molecule has 0 saturated carbocycles. The van der Waals surface area contributed by atoms with Crippen molar-refractivity contribution in [2.24, 2.45) is 0 Å². The largest absolute Gasteiger partial charge is 0.398 e. The summed E-state index contributed by atoms with van der Waals surface area (Å²) in [5, 5.41) is 0.391. The number of halogens is 2. The zero-order valence-electron chi connectivity index (χ0n) is 9.71. The molecule has 0 heterocycles. The lowest BCUT2D eigenvalue weighted by molar-refractivity contribution is 0.103. The van der Waals surface area contributed by atoms with E-state index in [1.54, 1.807) is 25.1 Å². The quantitative estimate of drug-likeness (QED) is 0.664. The van der Waals surface area contributed by atoms with Crippen LogP contribution in [0.1, 0.15) is 21.5 Å². The smallest absolute Gasteiger partial charge is 0.193 e. The van der Waals surface area contributed by atoms with E-state index in [0.29, 0.717) is 21.8 Å². The summed E-state index contributed by atoms with van der Waals surface area (Å²) in [6, 6.07) is 8.74. The van der Waals surface area contributed by atoms with Crippen molar-refractivity contribution in [3.8, 4) is 0 Å². The highest BCUT2D eigenvalue weighted by molar-refractivity contribution is 6.33. The number of hydrogen-bond acceptors (Lipinski definition) is 2. The second-order valence-electron chi connectivity index (χ2n) is 4.02. The fourth-order valence-corrected chi connectivity index (χ4v) is 1.80. The molecular weight excluding hydrogens is 253 g/mol. The van der Waals surface area contributed by atoms with E-state index in [1.165, 1.54) is 18.2 Å². The first-order valence-corrected chi connectivity index (χ1v) is 5.72. The molecule has 2 aromatic rings. The van der Waals surface area contributed by atoms with Gasteiger partial charge in [0.25, 0.3) is 0 Å². The molecule has 0 radical (unpaired) electrons. The third-order valence-corrected chi connectivity index (χ3v) is 3.05. The van der Waals surface area contributed by atoms with Gasteiger partial charge in [-0.1, -0.05) is 17.7 Å². The highest BCUT2D eigenvalue weighted by Gasteiger charge is 2.13. The number of carbonyl (C=O) groups is 1. The zero-order valence-corrected chi connectivity index (χ0v) is 10.5. The Kier molecular flexibility index (Phi) is 3.34. The van der Waals surface area contributed by atoms with Gasteiger partial charge >= 0.3 is 0 Å². The predicted octanol–water partition coefficient (Wildman–Crippen LogP) is 3.60. The minimum Gasteiger partial charge on any atom is -0.398 e. The van der Waals surface area contributed by atoms with E-state index < -0.39 is 5.82 Å². The van der Waals surface area contributed by atoms with Crippen molar-refractivity contribution in [1.29, 1.82) is 0 Å². The lowest BCUT2D eigenvalue weighted by atomic mass is 9.99. The summed E-state index contributed by atoms with van der Waals surface area (Å²) in [7, 11) is 0. The summed E-state index contributed by atoms with van der Waals surface area (Å²) >= 11 is 5.79. The highest BCUT2D eigenvalue weighted by atomic mass is 35.5. The Labute approximate surface area is 109 Å². The molecular formula is C14H11ClFNO. The maximum atomic E-state index is 13.2. The topological polar surface area (TPSA) is 43.1 Å². The molecule has 0 bridgehead atoms. The van der Waals surface area contributed by atoms with Crippen LogP contribution in [0, 0.1) is 12.7 Å². The first-order valence-electron chi connectivity index (χ1n) is 5.35. The molecule has 0 amide bonds. The summed E-state index contributed by atoms with van der Waals surface area (Å²) in [6.07, 6.45) is 0. The molecule has 0 spiro atoms. The van der Waals surface area contributed by atoms with Crippen molar-refractivity contribution >= 4 is 23.1 Å². The fraction of sp³-hybridized carbons (Fsp3) is 0.0714. The predicted molar refractivity (Wildman–Crippen MR) is 70.4 cm³/mol. The number of hydrogen-bond donors (Lipinski definition) is 1. The van der Waals surface area contributed by atoms with Crippen LogP contribution in [0.3, 0.4) is 0 Å². The van der Waals surface area contributed by atoms with Crippen molar-refractivity contribution in [1.82, 2.24) is 0 Å². The SMILES string of the molecule is Cc1ccc(F)cc1C(=O)c1ccc(Cl)c(N)c1. The maximum Gasteiger partial charge on any atom is 0.193 e. The van der Waals surface area contributed by atoms with Crippen molar-refractivity contribution in [3.63, 3.8) is 0 Å². The lowest BCUT2D eigenvalue weighted by Crippen LogP contribution is -2.05. The summed E-state index contributed by atoms with van der Waals surface area (Å²) in [6.45, 7) is 1.76. The van der Waals surface area contributed by atoms with Crippen LogP contribution >= 0.6 is 11.6 Å². The van der Waals surface area contributed by atoms with Gasteiger partial charge < -0.3 is 5.73 Å². The van der Waals surface area contributed by atoms with Crippen LogP contribution in [0.15, 0.2) is 36.4 Å². The van der Waals surface area contributed by atoms with Crippen LogP contribution in [0.25, 0.3) is 0 Å². The van der Waals surface area contributed by atoms with Crippen molar-refractivity contribution in [2.45, 2.75) is 6.92 Å². The van der Waals surface area contributed by atoms with E-state index in [-0.39, 0.29) is 5.78 Å². The number of ketones is 1. The number of benzene rings is 2. The molecule has 0 aliphatic rings. The molecule has 2 nitrogen and oxygen atoms in total. The standard InChI is InChI=1S/C14H11ClFNO/c1-8-2-4-10(16)7-11(8)14(18)9-3-5-12(15)13(17)6-9/h2-7H,17H2,1H3. The van der Waals surface area contributed by atoms with Crippen molar-refractivity contribution in [2.75, 3.05) is 5.73 Å². The van der Waals surface area contributed by atoms with Gasteiger partial charge in [-0.15, -0.1) is 0 Å². The number of carbonyl (C=O) groups excluding carboxylic acids is 1. The molecule has 92 valence electrons. The summed E-state index contributed by atoms with van der Waals surface area (Å²) < 4.78 is 13.2. The number of nitrogens with two attached hydrogens (primary N) is 1. The monoisotopic (exact) mass is 263 g/mol. The second kappa shape index (κ2) is 4.78. The molecule has 0 fully saturated rings. The van der Waals surface area contributed by atoms with Crippen LogP contribution in [-0.4, -0.2) is 5.78 Å². The maximum absolute atomic E-state index is 13.2. The molecule has 0 aromatic heterocycles.